The van der Waals surface area contributed by atoms with Crippen molar-refractivity contribution in [2.24, 2.45) is 0 Å². The fraction of sp³-hybridized carbons (Fsp3) is 0. The predicted molar refractivity (Wildman–Crippen MR) is 65.3 cm³/mol. The lowest BCUT2D eigenvalue weighted by Gasteiger charge is -2.06. The first-order chi connectivity index (χ1) is 8.15. The van der Waals surface area contributed by atoms with Gasteiger partial charge in [-0.1, -0.05) is 0 Å². The van der Waals surface area contributed by atoms with Crippen molar-refractivity contribution in [2.75, 3.05) is 11.1 Å². The number of nitrogens with one attached hydrogen (secondary N) is 1. The van der Waals surface area contributed by atoms with Crippen molar-refractivity contribution in [3.8, 4) is 0 Å². The summed E-state index contributed by atoms with van der Waals surface area (Å²) in [7, 11) is 0. The molecule has 1 heterocycles. The lowest BCUT2D eigenvalue weighted by molar-refractivity contribution is 0.0697. The van der Waals surface area contributed by atoms with Crippen LogP contribution >= 0.6 is 0 Å². The van der Waals surface area contributed by atoms with E-state index in [0.717, 1.165) is 5.69 Å². The average Bonchev–Trinajstić information content (AvgIpc) is 2.29. The highest BCUT2D eigenvalue weighted by atomic mass is 16.4. The van der Waals surface area contributed by atoms with Crippen molar-refractivity contribution in [3.05, 3.63) is 48.2 Å². The molecule has 0 aliphatic rings. The van der Waals surface area contributed by atoms with Gasteiger partial charge in [0.05, 0.1) is 5.56 Å². The van der Waals surface area contributed by atoms with E-state index in [0.29, 0.717) is 11.5 Å². The molecule has 0 spiro atoms. The summed E-state index contributed by atoms with van der Waals surface area (Å²) in [4.78, 5) is 14.8. The second-order valence-corrected chi connectivity index (χ2v) is 3.48. The van der Waals surface area contributed by atoms with E-state index in [4.69, 9.17) is 10.8 Å². The monoisotopic (exact) mass is 229 g/mol. The van der Waals surface area contributed by atoms with Gasteiger partial charge in [0.15, 0.2) is 0 Å². The Morgan fingerprint density at radius 1 is 1.24 bits per heavy atom. The molecule has 4 N–H and O–H groups in total. The van der Waals surface area contributed by atoms with Gasteiger partial charge in [0.2, 0.25) is 0 Å². The van der Waals surface area contributed by atoms with Crippen molar-refractivity contribution in [2.45, 2.75) is 0 Å². The maximum absolute atomic E-state index is 10.7. The van der Waals surface area contributed by atoms with Crippen LogP contribution in [-0.4, -0.2) is 16.1 Å². The smallest absolute Gasteiger partial charge is 0.335 e. The molecule has 0 saturated carbocycles. The molecule has 1 aromatic carbocycles. The van der Waals surface area contributed by atoms with Gasteiger partial charge in [-0.25, -0.2) is 9.78 Å². The molecule has 0 radical (unpaired) electrons. The Labute approximate surface area is 97.9 Å². The normalized spacial score (nSPS) is 9.88. The van der Waals surface area contributed by atoms with E-state index >= 15 is 0 Å². The van der Waals surface area contributed by atoms with Crippen LogP contribution in [0.3, 0.4) is 0 Å². The average molecular weight is 229 g/mol. The molecular weight excluding hydrogens is 218 g/mol. The highest BCUT2D eigenvalue weighted by Gasteiger charge is 2.02. The number of aromatic carboxylic acids is 1. The van der Waals surface area contributed by atoms with Crippen molar-refractivity contribution >= 4 is 23.2 Å². The van der Waals surface area contributed by atoms with Gasteiger partial charge < -0.3 is 16.2 Å². The third-order valence-electron chi connectivity index (χ3n) is 2.19. The van der Waals surface area contributed by atoms with Crippen LogP contribution in [0.25, 0.3) is 0 Å². The number of nitrogens with two attached hydrogens (primary N) is 1. The summed E-state index contributed by atoms with van der Waals surface area (Å²) in [6.07, 6.45) is 1.60. The van der Waals surface area contributed by atoms with E-state index < -0.39 is 5.97 Å². The van der Waals surface area contributed by atoms with E-state index in [1.807, 2.05) is 0 Å². The molecular formula is C12H11N3O2. The first-order valence-electron chi connectivity index (χ1n) is 4.97. The molecule has 2 rings (SSSR count). The fourth-order valence-electron chi connectivity index (χ4n) is 1.36. The lowest BCUT2D eigenvalue weighted by atomic mass is 10.2. The molecule has 0 amide bonds. The van der Waals surface area contributed by atoms with Crippen molar-refractivity contribution in [1.82, 2.24) is 4.98 Å². The summed E-state index contributed by atoms with van der Waals surface area (Å²) in [6, 6.07) is 9.79. The Morgan fingerprint density at radius 2 is 1.94 bits per heavy atom. The zero-order valence-corrected chi connectivity index (χ0v) is 8.92. The Hall–Kier alpha value is -2.56. The molecule has 86 valence electrons. The second kappa shape index (κ2) is 4.52. The number of carboxylic acids is 1. The van der Waals surface area contributed by atoms with Gasteiger partial charge in [-0.05, 0) is 30.3 Å². The zero-order chi connectivity index (χ0) is 12.3. The topological polar surface area (TPSA) is 88.2 Å². The van der Waals surface area contributed by atoms with E-state index in [1.54, 1.807) is 30.5 Å². The molecule has 0 bridgehead atoms. The second-order valence-electron chi connectivity index (χ2n) is 3.48. The Balaban J connectivity index is 2.16. The molecule has 1 aromatic heterocycles. The van der Waals surface area contributed by atoms with E-state index in [1.165, 1.54) is 12.1 Å². The summed E-state index contributed by atoms with van der Waals surface area (Å²) in [6.45, 7) is 0. The molecule has 0 aliphatic heterocycles. The molecule has 0 saturated heterocycles. The summed E-state index contributed by atoms with van der Waals surface area (Å²) >= 11 is 0. The fourth-order valence-corrected chi connectivity index (χ4v) is 1.36. The van der Waals surface area contributed by atoms with Crippen LogP contribution in [0.2, 0.25) is 0 Å². The third kappa shape index (κ3) is 2.72. The maximum Gasteiger partial charge on any atom is 0.335 e. The van der Waals surface area contributed by atoms with Crippen LogP contribution < -0.4 is 11.1 Å². The Kier molecular flexibility index (Phi) is 2.91. The number of rotatable bonds is 3. The number of carboxylic acid groups (broad SMARTS) is 1. The summed E-state index contributed by atoms with van der Waals surface area (Å²) in [5.74, 6) is -0.327. The summed E-state index contributed by atoms with van der Waals surface area (Å²) in [5, 5.41) is 11.8. The number of nitrogen functional groups attached to an aromatic ring is 1. The minimum Gasteiger partial charge on any atom is -0.478 e. The van der Waals surface area contributed by atoms with Crippen LogP contribution in [0.4, 0.5) is 17.2 Å². The summed E-state index contributed by atoms with van der Waals surface area (Å²) < 4.78 is 0. The minimum atomic E-state index is -0.946. The number of pyridine rings is 1. The van der Waals surface area contributed by atoms with Crippen LogP contribution in [-0.2, 0) is 0 Å². The standard InChI is InChI=1S/C12H11N3O2/c13-9-5-6-14-11(7-9)15-10-3-1-8(2-4-10)12(16)17/h1-7H,(H,16,17)(H3,13,14,15). The van der Waals surface area contributed by atoms with Crippen LogP contribution in [0.5, 0.6) is 0 Å². The van der Waals surface area contributed by atoms with Gasteiger partial charge in [-0.15, -0.1) is 0 Å². The molecule has 5 nitrogen and oxygen atoms in total. The SMILES string of the molecule is Nc1ccnc(Nc2ccc(C(=O)O)cc2)c1. The largest absolute Gasteiger partial charge is 0.478 e. The van der Waals surface area contributed by atoms with Crippen molar-refractivity contribution < 1.29 is 9.90 Å². The van der Waals surface area contributed by atoms with Gasteiger partial charge in [-0.3, -0.25) is 0 Å². The lowest BCUT2D eigenvalue weighted by Crippen LogP contribution is -1.98. The van der Waals surface area contributed by atoms with Gasteiger partial charge in [0, 0.05) is 23.6 Å². The van der Waals surface area contributed by atoms with Crippen LogP contribution in [0.15, 0.2) is 42.6 Å². The number of nitrogens with zero attached hydrogens (tertiary/aromatic N) is 1. The van der Waals surface area contributed by atoms with Crippen molar-refractivity contribution in [1.29, 1.82) is 0 Å². The zero-order valence-electron chi connectivity index (χ0n) is 8.92. The van der Waals surface area contributed by atoms with Crippen LogP contribution in [0.1, 0.15) is 10.4 Å². The molecule has 0 atom stereocenters. The minimum absolute atomic E-state index is 0.246. The first-order valence-corrected chi connectivity index (χ1v) is 4.97. The van der Waals surface area contributed by atoms with Gasteiger partial charge in [0.25, 0.3) is 0 Å². The molecule has 17 heavy (non-hydrogen) atoms. The van der Waals surface area contributed by atoms with E-state index in [9.17, 15) is 4.79 Å². The number of benzene rings is 1. The Bertz CT molecular complexity index is 538. The molecule has 5 heteroatoms. The number of carbonyl (C=O) groups is 1. The highest BCUT2D eigenvalue weighted by molar-refractivity contribution is 5.88. The van der Waals surface area contributed by atoms with Crippen LogP contribution in [0, 0.1) is 0 Å². The molecule has 0 aliphatic carbocycles. The molecule has 0 unspecified atom stereocenters. The van der Waals surface area contributed by atoms with Gasteiger partial charge in [0.1, 0.15) is 5.82 Å². The quantitative estimate of drug-likeness (QED) is 0.750. The van der Waals surface area contributed by atoms with Gasteiger partial charge in [-0.2, -0.15) is 0 Å². The van der Waals surface area contributed by atoms with Crippen molar-refractivity contribution in [3.63, 3.8) is 0 Å². The Morgan fingerprint density at radius 3 is 2.53 bits per heavy atom. The number of aromatic nitrogens is 1. The number of anilines is 3. The summed E-state index contributed by atoms with van der Waals surface area (Å²) in [5.41, 5.74) is 7.24. The maximum atomic E-state index is 10.7. The van der Waals surface area contributed by atoms with E-state index in [2.05, 4.69) is 10.3 Å². The number of hydrogen-bond acceptors (Lipinski definition) is 4. The van der Waals surface area contributed by atoms with Gasteiger partial charge >= 0.3 is 5.97 Å². The van der Waals surface area contributed by atoms with E-state index in [-0.39, 0.29) is 5.56 Å². The predicted octanol–water partition coefficient (Wildman–Crippen LogP) is 2.11. The first kappa shape index (κ1) is 10.9. The number of hydrogen-bond donors (Lipinski definition) is 3. The highest BCUT2D eigenvalue weighted by Crippen LogP contribution is 2.16. The molecule has 0 fully saturated rings. The third-order valence-corrected chi connectivity index (χ3v) is 2.19. The molecule has 2 aromatic rings.